The van der Waals surface area contributed by atoms with E-state index in [1.54, 1.807) is 6.07 Å². The van der Waals surface area contributed by atoms with Gasteiger partial charge in [-0.05, 0) is 37.5 Å². The molecule has 1 N–H and O–H groups in total. The van der Waals surface area contributed by atoms with Gasteiger partial charge in [0.15, 0.2) is 0 Å². The van der Waals surface area contributed by atoms with Crippen LogP contribution >= 0.6 is 0 Å². The van der Waals surface area contributed by atoms with E-state index in [1.807, 2.05) is 6.07 Å². The third-order valence-corrected chi connectivity index (χ3v) is 2.56. The number of aryl methyl sites for hydroxylation is 1. The monoisotopic (exact) mass is 190 g/mol. The van der Waals surface area contributed by atoms with E-state index in [1.165, 1.54) is 6.07 Å². The van der Waals surface area contributed by atoms with Crippen molar-refractivity contribution in [2.24, 2.45) is 0 Å². The number of halogens is 1. The Morgan fingerprint density at radius 2 is 2.36 bits per heavy atom. The van der Waals surface area contributed by atoms with Crippen molar-refractivity contribution in [1.82, 2.24) is 0 Å². The highest BCUT2D eigenvalue weighted by atomic mass is 19.1. The molecule has 1 aliphatic rings. The zero-order chi connectivity index (χ0) is 10.1. The van der Waals surface area contributed by atoms with Crippen LogP contribution in [0.25, 0.3) is 0 Å². The topological polar surface area (TPSA) is 35.8 Å². The number of anilines is 1. The van der Waals surface area contributed by atoms with Gasteiger partial charge in [0.25, 0.3) is 0 Å². The van der Waals surface area contributed by atoms with Crippen molar-refractivity contribution < 1.29 is 4.39 Å². The first kappa shape index (κ1) is 9.01. The number of nitrogens with one attached hydrogen (secondary N) is 1. The molecule has 0 saturated carbocycles. The lowest BCUT2D eigenvalue weighted by Crippen LogP contribution is -2.22. The van der Waals surface area contributed by atoms with Crippen molar-refractivity contribution in [2.45, 2.75) is 25.8 Å². The molecule has 1 aromatic carbocycles. The van der Waals surface area contributed by atoms with E-state index in [-0.39, 0.29) is 5.56 Å². The summed E-state index contributed by atoms with van der Waals surface area (Å²) in [6.45, 7) is 2.08. The molecule has 72 valence electrons. The summed E-state index contributed by atoms with van der Waals surface area (Å²) in [5.74, 6) is -0.414. The van der Waals surface area contributed by atoms with E-state index < -0.39 is 5.82 Å². The summed E-state index contributed by atoms with van der Waals surface area (Å²) in [6.07, 6.45) is 1.89. The predicted molar refractivity (Wildman–Crippen MR) is 52.5 cm³/mol. The van der Waals surface area contributed by atoms with Crippen LogP contribution in [-0.4, -0.2) is 6.04 Å². The molecule has 2 nitrogen and oxygen atoms in total. The van der Waals surface area contributed by atoms with Gasteiger partial charge in [-0.15, -0.1) is 0 Å². The SMILES string of the molecule is CC1CCc2cc(F)c(C#N)cc2N1. The maximum absolute atomic E-state index is 13.2. The summed E-state index contributed by atoms with van der Waals surface area (Å²) in [5.41, 5.74) is 1.99. The fourth-order valence-electron chi connectivity index (χ4n) is 1.75. The lowest BCUT2D eigenvalue weighted by Gasteiger charge is -2.24. The van der Waals surface area contributed by atoms with Gasteiger partial charge >= 0.3 is 0 Å². The first-order valence-corrected chi connectivity index (χ1v) is 4.70. The van der Waals surface area contributed by atoms with Crippen LogP contribution in [0, 0.1) is 17.1 Å². The molecule has 0 aromatic heterocycles. The van der Waals surface area contributed by atoms with Gasteiger partial charge in [0.1, 0.15) is 11.9 Å². The predicted octanol–water partition coefficient (Wildman–Crippen LogP) is 2.44. The highest BCUT2D eigenvalue weighted by Crippen LogP contribution is 2.27. The average Bonchev–Trinajstić information content (AvgIpc) is 2.17. The minimum absolute atomic E-state index is 0.116. The molecule has 0 fully saturated rings. The first-order valence-electron chi connectivity index (χ1n) is 4.70. The molecule has 1 aliphatic heterocycles. The third-order valence-electron chi connectivity index (χ3n) is 2.56. The quantitative estimate of drug-likeness (QED) is 0.682. The van der Waals surface area contributed by atoms with Crippen LogP contribution in [0.1, 0.15) is 24.5 Å². The van der Waals surface area contributed by atoms with Crippen molar-refractivity contribution in [3.63, 3.8) is 0 Å². The van der Waals surface area contributed by atoms with E-state index in [0.29, 0.717) is 6.04 Å². The maximum atomic E-state index is 13.2. The number of hydrogen-bond acceptors (Lipinski definition) is 2. The molecule has 0 bridgehead atoms. The summed E-state index contributed by atoms with van der Waals surface area (Å²) >= 11 is 0. The minimum atomic E-state index is -0.414. The summed E-state index contributed by atoms with van der Waals surface area (Å²) in [5, 5.41) is 11.9. The third kappa shape index (κ3) is 1.44. The molecular formula is C11H11FN2. The summed E-state index contributed by atoms with van der Waals surface area (Å²) in [4.78, 5) is 0. The van der Waals surface area contributed by atoms with E-state index >= 15 is 0 Å². The Morgan fingerprint density at radius 3 is 3.07 bits per heavy atom. The highest BCUT2D eigenvalue weighted by Gasteiger charge is 2.16. The van der Waals surface area contributed by atoms with Crippen LogP contribution in [0.4, 0.5) is 10.1 Å². The normalized spacial score (nSPS) is 19.4. The van der Waals surface area contributed by atoms with E-state index in [9.17, 15) is 4.39 Å². The molecule has 14 heavy (non-hydrogen) atoms. The van der Waals surface area contributed by atoms with E-state index in [2.05, 4.69) is 12.2 Å². The van der Waals surface area contributed by atoms with Gasteiger partial charge in [-0.3, -0.25) is 0 Å². The molecule has 1 unspecified atom stereocenters. The highest BCUT2D eigenvalue weighted by molar-refractivity contribution is 5.58. The Morgan fingerprint density at radius 1 is 1.57 bits per heavy atom. The van der Waals surface area contributed by atoms with Crippen LogP contribution in [0.2, 0.25) is 0 Å². The Kier molecular flexibility index (Phi) is 2.12. The number of nitrogens with zero attached hydrogens (tertiary/aromatic N) is 1. The van der Waals surface area contributed by atoms with E-state index in [0.717, 1.165) is 24.1 Å². The summed E-state index contributed by atoms with van der Waals surface area (Å²) in [6, 6.07) is 5.31. The maximum Gasteiger partial charge on any atom is 0.141 e. The van der Waals surface area contributed by atoms with Crippen molar-refractivity contribution >= 4 is 5.69 Å². The molecule has 0 spiro atoms. The van der Waals surface area contributed by atoms with Crippen molar-refractivity contribution in [3.05, 3.63) is 29.1 Å². The Balaban J connectivity index is 2.47. The van der Waals surface area contributed by atoms with Gasteiger partial charge in [-0.2, -0.15) is 5.26 Å². The van der Waals surface area contributed by atoms with Crippen molar-refractivity contribution in [2.75, 3.05) is 5.32 Å². The van der Waals surface area contributed by atoms with Crippen molar-refractivity contribution in [1.29, 1.82) is 5.26 Å². The molecule has 1 aromatic rings. The van der Waals surface area contributed by atoms with Gasteiger partial charge in [0.05, 0.1) is 5.56 Å². The largest absolute Gasteiger partial charge is 0.382 e. The average molecular weight is 190 g/mol. The van der Waals surface area contributed by atoms with Crippen LogP contribution in [0.15, 0.2) is 12.1 Å². The van der Waals surface area contributed by atoms with Crippen LogP contribution in [0.3, 0.4) is 0 Å². The molecule has 0 radical (unpaired) electrons. The minimum Gasteiger partial charge on any atom is -0.382 e. The van der Waals surface area contributed by atoms with Gasteiger partial charge < -0.3 is 5.32 Å². The van der Waals surface area contributed by atoms with Gasteiger partial charge in [-0.1, -0.05) is 0 Å². The Labute approximate surface area is 82.4 Å². The lowest BCUT2D eigenvalue weighted by molar-refractivity contribution is 0.614. The second kappa shape index (κ2) is 3.30. The first-order chi connectivity index (χ1) is 6.70. The fraction of sp³-hybridized carbons (Fsp3) is 0.364. The van der Waals surface area contributed by atoms with Crippen LogP contribution < -0.4 is 5.32 Å². The number of rotatable bonds is 0. The zero-order valence-electron chi connectivity index (χ0n) is 7.97. The molecule has 0 saturated heterocycles. The molecule has 1 heterocycles. The zero-order valence-corrected chi connectivity index (χ0v) is 7.97. The molecule has 0 aliphatic carbocycles. The van der Waals surface area contributed by atoms with Gasteiger partial charge in [0, 0.05) is 11.7 Å². The lowest BCUT2D eigenvalue weighted by atomic mass is 9.97. The van der Waals surface area contributed by atoms with Crippen molar-refractivity contribution in [3.8, 4) is 6.07 Å². The Bertz CT molecular complexity index is 406. The van der Waals surface area contributed by atoms with Gasteiger partial charge in [-0.25, -0.2) is 4.39 Å². The fourth-order valence-corrected chi connectivity index (χ4v) is 1.75. The van der Waals surface area contributed by atoms with Gasteiger partial charge in [0.2, 0.25) is 0 Å². The second-order valence-electron chi connectivity index (χ2n) is 3.69. The molecule has 3 heteroatoms. The molecule has 0 amide bonds. The molecule has 1 atom stereocenters. The van der Waals surface area contributed by atoms with E-state index in [4.69, 9.17) is 5.26 Å². The Hall–Kier alpha value is -1.56. The smallest absolute Gasteiger partial charge is 0.141 e. The molecule has 2 rings (SSSR count). The number of fused-ring (bicyclic) bond motifs is 1. The molecular weight excluding hydrogens is 179 g/mol. The standard InChI is InChI=1S/C11H11FN2/c1-7-2-3-8-4-10(12)9(6-13)5-11(8)14-7/h4-5,7,14H,2-3H2,1H3. The van der Waals surface area contributed by atoms with Crippen LogP contribution in [0.5, 0.6) is 0 Å². The summed E-state index contributed by atoms with van der Waals surface area (Å²) in [7, 11) is 0. The summed E-state index contributed by atoms with van der Waals surface area (Å²) < 4.78 is 13.2. The number of benzene rings is 1. The van der Waals surface area contributed by atoms with Crippen LogP contribution in [-0.2, 0) is 6.42 Å². The second-order valence-corrected chi connectivity index (χ2v) is 3.69. The number of nitriles is 1. The number of hydrogen-bond donors (Lipinski definition) is 1.